The highest BCUT2D eigenvalue weighted by atomic mass is 16.5. The Morgan fingerprint density at radius 2 is 2.33 bits per heavy atom. The summed E-state index contributed by atoms with van der Waals surface area (Å²) in [7, 11) is 0. The van der Waals surface area contributed by atoms with Crippen molar-refractivity contribution in [2.75, 3.05) is 6.61 Å². The summed E-state index contributed by atoms with van der Waals surface area (Å²) in [4.78, 5) is 11.7. The van der Waals surface area contributed by atoms with Gasteiger partial charge in [-0.05, 0) is 32.3 Å². The van der Waals surface area contributed by atoms with E-state index >= 15 is 0 Å². The minimum atomic E-state index is -0.974. The van der Waals surface area contributed by atoms with Crippen LogP contribution in [0.25, 0.3) is 0 Å². The summed E-state index contributed by atoms with van der Waals surface area (Å²) in [6, 6.07) is 0. The molecular weight excluding hydrogens is 232 g/mol. The lowest BCUT2D eigenvalue weighted by Crippen LogP contribution is -2.33. The van der Waals surface area contributed by atoms with Gasteiger partial charge in [-0.15, -0.1) is 0 Å². The molecule has 4 nitrogen and oxygen atoms in total. The summed E-state index contributed by atoms with van der Waals surface area (Å²) < 4.78 is 11.0. The Morgan fingerprint density at radius 1 is 1.61 bits per heavy atom. The maximum absolute atomic E-state index is 11.7. The molecule has 100 valence electrons. The summed E-state index contributed by atoms with van der Waals surface area (Å²) in [5.41, 5.74) is -0.974. The van der Waals surface area contributed by atoms with E-state index in [2.05, 4.69) is 0 Å². The topological polar surface area (TPSA) is 55.8 Å². The monoisotopic (exact) mass is 252 g/mol. The van der Waals surface area contributed by atoms with Crippen LogP contribution in [0.1, 0.15) is 39.5 Å². The van der Waals surface area contributed by atoms with Gasteiger partial charge < -0.3 is 14.6 Å². The van der Waals surface area contributed by atoms with Crippen molar-refractivity contribution in [1.82, 2.24) is 0 Å². The fraction of sp³-hybridized carbons (Fsp3) is 0.643. The van der Waals surface area contributed by atoms with Gasteiger partial charge in [0.2, 0.25) is 0 Å². The van der Waals surface area contributed by atoms with E-state index in [0.29, 0.717) is 36.9 Å². The van der Waals surface area contributed by atoms with Crippen molar-refractivity contribution >= 4 is 5.97 Å². The zero-order chi connectivity index (χ0) is 13.2. The van der Waals surface area contributed by atoms with Gasteiger partial charge in [0.05, 0.1) is 12.9 Å². The number of rotatable bonds is 6. The van der Waals surface area contributed by atoms with E-state index in [1.807, 2.05) is 13.0 Å². The fourth-order valence-electron chi connectivity index (χ4n) is 2.35. The minimum Gasteiger partial charge on any atom is -0.493 e. The lowest BCUT2D eigenvalue weighted by Gasteiger charge is -2.28. The van der Waals surface area contributed by atoms with E-state index in [4.69, 9.17) is 9.47 Å². The molecule has 1 aliphatic carbocycles. The fourth-order valence-corrected chi connectivity index (χ4v) is 2.35. The molecular formula is C14H20O4. The van der Waals surface area contributed by atoms with Crippen LogP contribution in [0.2, 0.25) is 0 Å². The molecule has 2 rings (SSSR count). The van der Waals surface area contributed by atoms with Crippen LogP contribution < -0.4 is 0 Å². The molecule has 0 spiro atoms. The third-order valence-electron chi connectivity index (χ3n) is 3.52. The van der Waals surface area contributed by atoms with Gasteiger partial charge in [-0.1, -0.05) is 12.8 Å². The van der Waals surface area contributed by atoms with Crippen LogP contribution in [-0.2, 0) is 14.3 Å². The molecule has 1 atom stereocenters. The molecule has 0 radical (unpaired) electrons. The number of allylic oxidation sites excluding steroid dienone is 1. The highest BCUT2D eigenvalue weighted by molar-refractivity contribution is 5.77. The lowest BCUT2D eigenvalue weighted by molar-refractivity contribution is -0.148. The van der Waals surface area contributed by atoms with Crippen LogP contribution in [0, 0.1) is 11.3 Å². The second kappa shape index (κ2) is 5.04. The number of aliphatic carboxylic acids is 1. The summed E-state index contributed by atoms with van der Waals surface area (Å²) in [6.45, 7) is 4.06. The first-order valence-corrected chi connectivity index (χ1v) is 6.49. The van der Waals surface area contributed by atoms with Crippen LogP contribution in [0.4, 0.5) is 0 Å². The molecule has 1 saturated carbocycles. The maximum Gasteiger partial charge on any atom is 0.317 e. The number of carbonyl (C=O) groups is 1. The normalized spacial score (nSPS) is 24.3. The van der Waals surface area contributed by atoms with Gasteiger partial charge in [0, 0.05) is 6.42 Å². The minimum absolute atomic E-state index is 0.454. The zero-order valence-corrected chi connectivity index (χ0v) is 10.9. The van der Waals surface area contributed by atoms with E-state index in [1.165, 1.54) is 0 Å². The van der Waals surface area contributed by atoms with Crippen molar-refractivity contribution in [3.8, 4) is 0 Å². The number of hydrogen-bond acceptors (Lipinski definition) is 3. The predicted molar refractivity (Wildman–Crippen MR) is 66.6 cm³/mol. The number of hydrogen-bond donors (Lipinski definition) is 1. The zero-order valence-electron chi connectivity index (χ0n) is 10.9. The van der Waals surface area contributed by atoms with Crippen molar-refractivity contribution in [3.63, 3.8) is 0 Å². The van der Waals surface area contributed by atoms with E-state index in [0.717, 1.165) is 12.8 Å². The van der Waals surface area contributed by atoms with Gasteiger partial charge in [0.15, 0.2) is 5.76 Å². The van der Waals surface area contributed by atoms with Crippen molar-refractivity contribution in [3.05, 3.63) is 23.9 Å². The van der Waals surface area contributed by atoms with E-state index in [1.54, 1.807) is 13.2 Å². The quantitative estimate of drug-likeness (QED) is 0.738. The Bertz CT molecular complexity index is 383. The van der Waals surface area contributed by atoms with E-state index in [-0.39, 0.29) is 0 Å². The highest BCUT2D eigenvalue weighted by Crippen LogP contribution is 2.46. The summed E-state index contributed by atoms with van der Waals surface area (Å²) in [5, 5.41) is 9.58. The van der Waals surface area contributed by atoms with Crippen molar-refractivity contribution in [2.45, 2.75) is 39.5 Å². The molecule has 0 amide bonds. The molecule has 0 aromatic heterocycles. The molecule has 0 aromatic rings. The third kappa shape index (κ3) is 2.52. The molecule has 0 aromatic carbocycles. The highest BCUT2D eigenvalue weighted by Gasteiger charge is 2.45. The average molecular weight is 252 g/mol. The first kappa shape index (κ1) is 13.0. The third-order valence-corrected chi connectivity index (χ3v) is 3.52. The number of ether oxygens (including phenoxy) is 2. The van der Waals surface area contributed by atoms with Gasteiger partial charge in [-0.25, -0.2) is 0 Å². The van der Waals surface area contributed by atoms with Crippen LogP contribution in [-0.4, -0.2) is 17.7 Å². The second-order valence-corrected chi connectivity index (χ2v) is 5.16. The van der Waals surface area contributed by atoms with Crippen LogP contribution >= 0.6 is 0 Å². The maximum atomic E-state index is 11.7. The molecule has 1 unspecified atom stereocenters. The largest absolute Gasteiger partial charge is 0.493 e. The molecule has 0 bridgehead atoms. The summed E-state index contributed by atoms with van der Waals surface area (Å²) in [5.74, 6) is 0.814. The summed E-state index contributed by atoms with van der Waals surface area (Å²) >= 11 is 0. The Kier molecular flexibility index (Phi) is 3.64. The van der Waals surface area contributed by atoms with Crippen LogP contribution in [0.5, 0.6) is 0 Å². The Labute approximate surface area is 107 Å². The molecule has 0 saturated heterocycles. The van der Waals surface area contributed by atoms with Gasteiger partial charge in [-0.2, -0.15) is 0 Å². The molecule has 4 heteroatoms. The van der Waals surface area contributed by atoms with Gasteiger partial charge >= 0.3 is 5.97 Å². The van der Waals surface area contributed by atoms with Crippen molar-refractivity contribution < 1.29 is 19.4 Å². The molecule has 1 aliphatic heterocycles. The molecule has 18 heavy (non-hydrogen) atoms. The first-order valence-electron chi connectivity index (χ1n) is 6.49. The van der Waals surface area contributed by atoms with Crippen LogP contribution in [0.3, 0.4) is 0 Å². The van der Waals surface area contributed by atoms with E-state index < -0.39 is 11.4 Å². The van der Waals surface area contributed by atoms with Crippen molar-refractivity contribution in [2.24, 2.45) is 11.3 Å². The van der Waals surface area contributed by atoms with Crippen LogP contribution in [0.15, 0.2) is 23.9 Å². The number of carboxylic acid groups (broad SMARTS) is 1. The molecule has 2 aliphatic rings. The van der Waals surface area contributed by atoms with Gasteiger partial charge in [0.1, 0.15) is 11.2 Å². The van der Waals surface area contributed by atoms with E-state index in [9.17, 15) is 9.90 Å². The molecule has 1 heterocycles. The predicted octanol–water partition coefficient (Wildman–Crippen LogP) is 3.06. The lowest BCUT2D eigenvalue weighted by atomic mass is 9.81. The first-order chi connectivity index (χ1) is 8.58. The second-order valence-electron chi connectivity index (χ2n) is 5.16. The average Bonchev–Trinajstić information content (AvgIpc) is 2.96. The van der Waals surface area contributed by atoms with Gasteiger partial charge in [0.25, 0.3) is 0 Å². The molecule has 1 N–H and O–H groups in total. The van der Waals surface area contributed by atoms with Crippen molar-refractivity contribution in [1.29, 1.82) is 0 Å². The number of carboxylic acids is 1. The standard InChI is InChI=1S/C14H20O4/c1-3-17-12(11-5-4-8-18-11)14(2,13(15)16)9-10-6-7-10/h4,8,10H,3,5-7,9H2,1-2H3,(H,15,16). The SMILES string of the molecule is CCOC(=C1CC=CO1)C(C)(CC1CC1)C(=O)O. The van der Waals surface area contributed by atoms with Gasteiger partial charge in [-0.3, -0.25) is 4.79 Å². The Balaban J connectivity index is 2.29. The Hall–Kier alpha value is -1.45. The molecule has 1 fully saturated rings. The smallest absolute Gasteiger partial charge is 0.317 e. The Morgan fingerprint density at radius 3 is 2.78 bits per heavy atom. The summed E-state index contributed by atoms with van der Waals surface area (Å²) in [6.07, 6.45) is 6.95.